The van der Waals surface area contributed by atoms with Crippen LogP contribution in [0.5, 0.6) is 0 Å². The van der Waals surface area contributed by atoms with E-state index in [9.17, 15) is 0 Å². The summed E-state index contributed by atoms with van der Waals surface area (Å²) in [5, 5.41) is 19.4. The quantitative estimate of drug-likeness (QED) is 0.504. The molecule has 3 aromatic heterocycles. The zero-order chi connectivity index (χ0) is 19.1. The fourth-order valence-electron chi connectivity index (χ4n) is 3.22. The highest BCUT2D eigenvalue weighted by molar-refractivity contribution is 7.13. The molecule has 6 nitrogen and oxygen atoms in total. The first kappa shape index (κ1) is 17.1. The minimum atomic E-state index is 0.540. The Hall–Kier alpha value is -3.03. The molecule has 138 valence electrons. The Bertz CT molecular complexity index is 1160. The van der Waals surface area contributed by atoms with Gasteiger partial charge < -0.3 is 0 Å². The van der Waals surface area contributed by atoms with E-state index in [2.05, 4.69) is 31.2 Å². The van der Waals surface area contributed by atoms with Crippen molar-refractivity contribution in [2.75, 3.05) is 5.01 Å². The Balaban J connectivity index is 1.71. The summed E-state index contributed by atoms with van der Waals surface area (Å²) in [6, 6.07) is 13.8. The SMILES string of the molecule is Cc1nnc2n1-c1sccc1C(c1ccc(Cl)cc1)=NN2Cc1cccnc1. The highest BCUT2D eigenvalue weighted by atomic mass is 35.5. The van der Waals surface area contributed by atoms with Gasteiger partial charge in [-0.3, -0.25) is 9.55 Å². The first-order chi connectivity index (χ1) is 13.7. The first-order valence-corrected chi connectivity index (χ1v) is 9.98. The minimum Gasteiger partial charge on any atom is -0.264 e. The number of rotatable bonds is 3. The van der Waals surface area contributed by atoms with E-state index in [1.807, 2.05) is 54.5 Å². The van der Waals surface area contributed by atoms with Crippen LogP contribution in [0, 0.1) is 6.92 Å². The Morgan fingerprint density at radius 1 is 1.07 bits per heavy atom. The lowest BCUT2D eigenvalue weighted by Gasteiger charge is -2.17. The predicted octanol–water partition coefficient (Wildman–Crippen LogP) is 4.46. The topological polar surface area (TPSA) is 59.2 Å². The van der Waals surface area contributed by atoms with E-state index in [1.54, 1.807) is 17.5 Å². The predicted molar refractivity (Wildman–Crippen MR) is 111 cm³/mol. The number of halogens is 1. The number of hydrogen-bond donors (Lipinski definition) is 0. The Morgan fingerprint density at radius 2 is 1.93 bits per heavy atom. The number of nitrogens with zero attached hydrogens (tertiary/aromatic N) is 6. The molecule has 28 heavy (non-hydrogen) atoms. The molecular weight excluding hydrogens is 392 g/mol. The fraction of sp³-hybridized carbons (Fsp3) is 0.100. The van der Waals surface area contributed by atoms with Crippen molar-refractivity contribution in [3.05, 3.63) is 87.8 Å². The Labute approximate surface area is 170 Å². The van der Waals surface area contributed by atoms with Gasteiger partial charge in [0.2, 0.25) is 0 Å². The molecule has 0 saturated heterocycles. The van der Waals surface area contributed by atoms with Gasteiger partial charge in [0.05, 0.1) is 6.54 Å². The number of aromatic nitrogens is 4. The first-order valence-electron chi connectivity index (χ1n) is 8.72. The largest absolute Gasteiger partial charge is 0.264 e. The van der Waals surface area contributed by atoms with Crippen LogP contribution in [0.1, 0.15) is 22.5 Å². The van der Waals surface area contributed by atoms with Crippen LogP contribution in [0.3, 0.4) is 0 Å². The van der Waals surface area contributed by atoms with E-state index in [4.69, 9.17) is 16.7 Å². The van der Waals surface area contributed by atoms with Crippen molar-refractivity contribution < 1.29 is 0 Å². The molecule has 0 N–H and O–H groups in total. The number of benzene rings is 1. The van der Waals surface area contributed by atoms with Crippen molar-refractivity contribution in [3.63, 3.8) is 0 Å². The number of hydrogen-bond acceptors (Lipinski definition) is 6. The highest BCUT2D eigenvalue weighted by Gasteiger charge is 2.27. The van der Waals surface area contributed by atoms with E-state index in [-0.39, 0.29) is 0 Å². The monoisotopic (exact) mass is 406 g/mol. The molecule has 4 heterocycles. The second-order valence-electron chi connectivity index (χ2n) is 6.40. The zero-order valence-corrected chi connectivity index (χ0v) is 16.5. The third kappa shape index (κ3) is 2.89. The van der Waals surface area contributed by atoms with E-state index in [0.29, 0.717) is 17.5 Å². The van der Waals surface area contributed by atoms with Crippen LogP contribution in [-0.4, -0.2) is 25.5 Å². The van der Waals surface area contributed by atoms with Gasteiger partial charge >= 0.3 is 0 Å². The number of anilines is 1. The van der Waals surface area contributed by atoms with Crippen molar-refractivity contribution in [1.29, 1.82) is 0 Å². The maximum Gasteiger partial charge on any atom is 0.253 e. The normalized spacial score (nSPS) is 12.9. The molecule has 0 atom stereocenters. The lowest BCUT2D eigenvalue weighted by atomic mass is 10.0. The van der Waals surface area contributed by atoms with Gasteiger partial charge in [0, 0.05) is 28.5 Å². The van der Waals surface area contributed by atoms with E-state index < -0.39 is 0 Å². The van der Waals surface area contributed by atoms with Crippen LogP contribution >= 0.6 is 22.9 Å². The van der Waals surface area contributed by atoms with Crippen LogP contribution in [0.4, 0.5) is 5.95 Å². The lowest BCUT2D eigenvalue weighted by molar-refractivity contribution is 0.795. The molecule has 0 fully saturated rings. The maximum absolute atomic E-state index is 6.10. The summed E-state index contributed by atoms with van der Waals surface area (Å²) in [5.74, 6) is 1.51. The average Bonchev–Trinajstić information content (AvgIpc) is 3.30. The van der Waals surface area contributed by atoms with Crippen LogP contribution < -0.4 is 5.01 Å². The number of pyridine rings is 1. The third-order valence-electron chi connectivity index (χ3n) is 4.54. The zero-order valence-electron chi connectivity index (χ0n) is 15.0. The smallest absolute Gasteiger partial charge is 0.253 e. The molecule has 1 aromatic carbocycles. The molecule has 1 aliphatic heterocycles. The van der Waals surface area contributed by atoms with Crippen molar-refractivity contribution >= 4 is 34.6 Å². The maximum atomic E-state index is 6.10. The van der Waals surface area contributed by atoms with Gasteiger partial charge in [-0.25, -0.2) is 5.01 Å². The second-order valence-corrected chi connectivity index (χ2v) is 7.73. The van der Waals surface area contributed by atoms with Crippen molar-refractivity contribution in [2.24, 2.45) is 5.10 Å². The Kier molecular flexibility index (Phi) is 4.18. The summed E-state index contributed by atoms with van der Waals surface area (Å²) in [4.78, 5) is 4.22. The number of hydrazone groups is 1. The van der Waals surface area contributed by atoms with Gasteiger partial charge in [-0.1, -0.05) is 29.8 Å². The van der Waals surface area contributed by atoms with E-state index in [1.165, 1.54) is 0 Å². The molecule has 0 bridgehead atoms. The molecule has 4 aromatic rings. The molecule has 1 aliphatic rings. The summed E-state index contributed by atoms with van der Waals surface area (Å²) in [5.41, 5.74) is 3.96. The lowest BCUT2D eigenvalue weighted by Crippen LogP contribution is -2.20. The second kappa shape index (κ2) is 6.85. The fourth-order valence-corrected chi connectivity index (χ4v) is 4.29. The molecule has 5 rings (SSSR count). The number of fused-ring (bicyclic) bond motifs is 3. The summed E-state index contributed by atoms with van der Waals surface area (Å²) < 4.78 is 2.06. The standard InChI is InChI=1S/C20H15ClN6S/c1-13-23-24-20-26(12-14-3-2-9-22-11-14)25-18(15-4-6-16(21)7-5-15)17-8-10-28-19(17)27(13)20/h2-11H,12H2,1H3. The molecule has 0 saturated carbocycles. The highest BCUT2D eigenvalue weighted by Crippen LogP contribution is 2.33. The third-order valence-corrected chi connectivity index (χ3v) is 5.69. The molecule has 0 radical (unpaired) electrons. The van der Waals surface area contributed by atoms with E-state index >= 15 is 0 Å². The molecule has 0 aliphatic carbocycles. The van der Waals surface area contributed by atoms with Crippen LogP contribution in [-0.2, 0) is 6.54 Å². The van der Waals surface area contributed by atoms with Gasteiger partial charge in [-0.2, -0.15) is 5.10 Å². The summed E-state index contributed by atoms with van der Waals surface area (Å²) >= 11 is 7.74. The molecule has 0 unspecified atom stereocenters. The molecule has 0 spiro atoms. The number of aryl methyl sites for hydroxylation is 1. The van der Waals surface area contributed by atoms with Gasteiger partial charge in [-0.15, -0.1) is 21.5 Å². The van der Waals surface area contributed by atoms with Gasteiger partial charge in [0.1, 0.15) is 16.5 Å². The summed E-state index contributed by atoms with van der Waals surface area (Å²) in [6.07, 6.45) is 3.60. The van der Waals surface area contributed by atoms with Crippen molar-refractivity contribution in [3.8, 4) is 5.00 Å². The summed E-state index contributed by atoms with van der Waals surface area (Å²) in [6.45, 7) is 2.49. The minimum absolute atomic E-state index is 0.540. The molecule has 8 heteroatoms. The number of thiophene rings is 1. The van der Waals surface area contributed by atoms with Gasteiger partial charge in [-0.05, 0) is 42.1 Å². The van der Waals surface area contributed by atoms with E-state index in [0.717, 1.165) is 33.2 Å². The van der Waals surface area contributed by atoms with Crippen LogP contribution in [0.2, 0.25) is 5.02 Å². The van der Waals surface area contributed by atoms with Crippen LogP contribution in [0.25, 0.3) is 5.00 Å². The average molecular weight is 407 g/mol. The van der Waals surface area contributed by atoms with Gasteiger partial charge in [0.15, 0.2) is 0 Å². The molecule has 0 amide bonds. The van der Waals surface area contributed by atoms with Gasteiger partial charge in [0.25, 0.3) is 5.95 Å². The van der Waals surface area contributed by atoms with Crippen molar-refractivity contribution in [1.82, 2.24) is 19.7 Å². The van der Waals surface area contributed by atoms with Crippen LogP contribution in [0.15, 0.2) is 65.3 Å². The summed E-state index contributed by atoms with van der Waals surface area (Å²) in [7, 11) is 0. The molecular formula is C20H15ClN6S. The van der Waals surface area contributed by atoms with Crippen molar-refractivity contribution in [2.45, 2.75) is 13.5 Å². The Morgan fingerprint density at radius 3 is 2.71 bits per heavy atom.